The van der Waals surface area contributed by atoms with Gasteiger partial charge in [-0.1, -0.05) is 38.5 Å². The average Bonchev–Trinajstić information content (AvgIpc) is 2.82. The molecule has 8 heteroatoms. The third kappa shape index (κ3) is 6.00. The summed E-state index contributed by atoms with van der Waals surface area (Å²) in [6.07, 6.45) is 3.29. The van der Waals surface area contributed by atoms with E-state index in [-0.39, 0.29) is 24.6 Å². The molecule has 1 fully saturated rings. The molecule has 0 radical (unpaired) electrons. The van der Waals surface area contributed by atoms with Crippen LogP contribution in [0.1, 0.15) is 61.6 Å². The number of fused-ring (bicyclic) bond motifs is 1. The quantitative estimate of drug-likeness (QED) is 0.610. The number of pyridine rings is 1. The molecule has 2 heterocycles. The lowest BCUT2D eigenvalue weighted by molar-refractivity contribution is -0.125. The number of aromatic nitrogens is 1. The number of benzene rings is 1. The standard InChI is InChI=1S/C25H33N3O5/c1-4-9-20-18(5-2)23(19-10-7-8-11-21(19)27-20)24(30)33-16-22(29)26-17-12-14-28(15-13-17)25(31)32-6-3/h7-8,10-11,17H,4-6,9,12-16H2,1-3H3,(H,26,29). The minimum Gasteiger partial charge on any atom is -0.452 e. The Balaban J connectivity index is 1.63. The van der Waals surface area contributed by atoms with Gasteiger partial charge in [-0.15, -0.1) is 0 Å². The number of aryl methyl sites for hydroxylation is 1. The normalized spacial score (nSPS) is 14.2. The van der Waals surface area contributed by atoms with Crippen molar-refractivity contribution in [2.24, 2.45) is 0 Å². The molecule has 1 aliphatic rings. The van der Waals surface area contributed by atoms with Gasteiger partial charge in [0.2, 0.25) is 0 Å². The molecule has 1 aromatic heterocycles. The zero-order chi connectivity index (χ0) is 23.8. The molecule has 0 spiro atoms. The molecule has 8 nitrogen and oxygen atoms in total. The van der Waals surface area contributed by atoms with Crippen molar-refractivity contribution in [2.45, 2.75) is 58.9 Å². The molecule has 178 valence electrons. The van der Waals surface area contributed by atoms with Crippen LogP contribution in [0.15, 0.2) is 24.3 Å². The minimum atomic E-state index is -0.505. The Morgan fingerprint density at radius 3 is 2.48 bits per heavy atom. The topological polar surface area (TPSA) is 97.8 Å². The molecule has 0 unspecified atom stereocenters. The number of amides is 2. The Hall–Kier alpha value is -3.16. The second-order valence-electron chi connectivity index (χ2n) is 8.14. The van der Waals surface area contributed by atoms with Gasteiger partial charge in [0.05, 0.1) is 17.7 Å². The van der Waals surface area contributed by atoms with E-state index in [9.17, 15) is 14.4 Å². The van der Waals surface area contributed by atoms with Crippen molar-refractivity contribution < 1.29 is 23.9 Å². The summed E-state index contributed by atoms with van der Waals surface area (Å²) in [5.74, 6) is -0.849. The van der Waals surface area contributed by atoms with Crippen molar-refractivity contribution in [3.05, 3.63) is 41.1 Å². The molecule has 2 aromatic rings. The first kappa shape index (κ1) is 24.5. The SMILES string of the molecule is CCCc1nc2ccccc2c(C(=O)OCC(=O)NC2CCN(C(=O)OCC)CC2)c1CC. The van der Waals surface area contributed by atoms with Crippen LogP contribution in [0.25, 0.3) is 10.9 Å². The highest BCUT2D eigenvalue weighted by Crippen LogP contribution is 2.26. The fraction of sp³-hybridized carbons (Fsp3) is 0.520. The van der Waals surface area contributed by atoms with Crippen LogP contribution in [0.4, 0.5) is 4.79 Å². The number of rotatable bonds is 8. The van der Waals surface area contributed by atoms with Crippen LogP contribution in [0.3, 0.4) is 0 Å². The second kappa shape index (κ2) is 11.6. The van der Waals surface area contributed by atoms with Crippen LogP contribution >= 0.6 is 0 Å². The van der Waals surface area contributed by atoms with Crippen LogP contribution < -0.4 is 5.32 Å². The number of carbonyl (C=O) groups excluding carboxylic acids is 3. The molecule has 1 saturated heterocycles. The van der Waals surface area contributed by atoms with Crippen molar-refractivity contribution >= 4 is 28.9 Å². The summed E-state index contributed by atoms with van der Waals surface area (Å²) in [5, 5.41) is 3.65. The number of piperidine rings is 1. The second-order valence-corrected chi connectivity index (χ2v) is 8.14. The van der Waals surface area contributed by atoms with Crippen molar-refractivity contribution in [2.75, 3.05) is 26.3 Å². The van der Waals surface area contributed by atoms with E-state index in [1.807, 2.05) is 31.2 Å². The Bertz CT molecular complexity index is 999. The van der Waals surface area contributed by atoms with E-state index in [0.29, 0.717) is 44.5 Å². The van der Waals surface area contributed by atoms with E-state index in [1.165, 1.54) is 0 Å². The number of likely N-dealkylation sites (tertiary alicyclic amines) is 1. The third-order valence-electron chi connectivity index (χ3n) is 5.84. The highest BCUT2D eigenvalue weighted by molar-refractivity contribution is 6.05. The summed E-state index contributed by atoms with van der Waals surface area (Å²) >= 11 is 0. The number of ether oxygens (including phenoxy) is 2. The molecule has 1 aliphatic heterocycles. The van der Waals surface area contributed by atoms with Gasteiger partial charge in [-0.2, -0.15) is 0 Å². The van der Waals surface area contributed by atoms with Crippen LogP contribution in [-0.2, 0) is 27.1 Å². The predicted octanol–water partition coefficient (Wildman–Crippen LogP) is 3.64. The highest BCUT2D eigenvalue weighted by atomic mass is 16.6. The maximum absolute atomic E-state index is 13.1. The van der Waals surface area contributed by atoms with Gasteiger partial charge >= 0.3 is 12.1 Å². The van der Waals surface area contributed by atoms with E-state index < -0.39 is 5.97 Å². The predicted molar refractivity (Wildman–Crippen MR) is 125 cm³/mol. The van der Waals surface area contributed by atoms with Crippen LogP contribution in [0.2, 0.25) is 0 Å². The first-order valence-electron chi connectivity index (χ1n) is 11.8. The largest absolute Gasteiger partial charge is 0.452 e. The van der Waals surface area contributed by atoms with Crippen molar-refractivity contribution in [3.8, 4) is 0 Å². The Kier molecular flexibility index (Phi) is 8.63. The van der Waals surface area contributed by atoms with E-state index in [4.69, 9.17) is 14.5 Å². The maximum atomic E-state index is 13.1. The summed E-state index contributed by atoms with van der Waals surface area (Å²) in [7, 11) is 0. The summed E-state index contributed by atoms with van der Waals surface area (Å²) < 4.78 is 10.5. The summed E-state index contributed by atoms with van der Waals surface area (Å²) in [6, 6.07) is 7.46. The van der Waals surface area contributed by atoms with E-state index in [2.05, 4.69) is 12.2 Å². The molecule has 1 N–H and O–H groups in total. The van der Waals surface area contributed by atoms with Crippen molar-refractivity contribution in [1.82, 2.24) is 15.2 Å². The summed E-state index contributed by atoms with van der Waals surface area (Å²) in [6.45, 7) is 6.88. The average molecular weight is 456 g/mol. The molecular weight excluding hydrogens is 422 g/mol. The monoisotopic (exact) mass is 455 g/mol. The lowest BCUT2D eigenvalue weighted by Gasteiger charge is -2.31. The number of nitrogens with one attached hydrogen (secondary N) is 1. The van der Waals surface area contributed by atoms with Gasteiger partial charge in [0, 0.05) is 30.2 Å². The van der Waals surface area contributed by atoms with Crippen molar-refractivity contribution in [3.63, 3.8) is 0 Å². The minimum absolute atomic E-state index is 0.0639. The van der Waals surface area contributed by atoms with Gasteiger partial charge in [-0.3, -0.25) is 9.78 Å². The smallest absolute Gasteiger partial charge is 0.409 e. The molecule has 3 rings (SSSR count). The number of hydrogen-bond donors (Lipinski definition) is 1. The summed E-state index contributed by atoms with van der Waals surface area (Å²) in [5.41, 5.74) is 3.04. The lowest BCUT2D eigenvalue weighted by Crippen LogP contribution is -2.47. The number of hydrogen-bond acceptors (Lipinski definition) is 6. The molecule has 1 aromatic carbocycles. The third-order valence-corrected chi connectivity index (χ3v) is 5.84. The highest BCUT2D eigenvalue weighted by Gasteiger charge is 2.25. The first-order valence-corrected chi connectivity index (χ1v) is 11.8. The van der Waals surface area contributed by atoms with Gasteiger partial charge in [-0.25, -0.2) is 9.59 Å². The van der Waals surface area contributed by atoms with Crippen LogP contribution in [-0.4, -0.2) is 60.2 Å². The first-order chi connectivity index (χ1) is 16.0. The zero-order valence-electron chi connectivity index (χ0n) is 19.7. The lowest BCUT2D eigenvalue weighted by atomic mass is 9.96. The molecule has 2 amide bonds. The Morgan fingerprint density at radius 1 is 1.09 bits per heavy atom. The van der Waals surface area contributed by atoms with Gasteiger partial charge < -0.3 is 19.7 Å². The molecule has 0 bridgehead atoms. The van der Waals surface area contributed by atoms with E-state index >= 15 is 0 Å². The van der Waals surface area contributed by atoms with E-state index in [0.717, 1.165) is 35.0 Å². The van der Waals surface area contributed by atoms with E-state index in [1.54, 1.807) is 11.8 Å². The summed E-state index contributed by atoms with van der Waals surface area (Å²) in [4.78, 5) is 43.7. The number of esters is 1. The molecule has 0 aliphatic carbocycles. The Labute approximate surface area is 194 Å². The molecule has 0 saturated carbocycles. The van der Waals surface area contributed by atoms with Gasteiger partial charge in [0.15, 0.2) is 6.61 Å². The number of para-hydroxylation sites is 1. The molecule has 0 atom stereocenters. The number of carbonyl (C=O) groups is 3. The van der Waals surface area contributed by atoms with Gasteiger partial charge in [-0.05, 0) is 44.2 Å². The van der Waals surface area contributed by atoms with Crippen LogP contribution in [0, 0.1) is 0 Å². The maximum Gasteiger partial charge on any atom is 0.409 e. The molecule has 33 heavy (non-hydrogen) atoms. The fourth-order valence-electron chi connectivity index (χ4n) is 4.25. The van der Waals surface area contributed by atoms with Crippen molar-refractivity contribution in [1.29, 1.82) is 0 Å². The zero-order valence-corrected chi connectivity index (χ0v) is 19.7. The van der Waals surface area contributed by atoms with Gasteiger partial charge in [0.25, 0.3) is 5.91 Å². The number of nitrogens with zero attached hydrogens (tertiary/aromatic N) is 2. The Morgan fingerprint density at radius 2 is 1.82 bits per heavy atom. The van der Waals surface area contributed by atoms with Gasteiger partial charge in [0.1, 0.15) is 0 Å². The van der Waals surface area contributed by atoms with Crippen LogP contribution in [0.5, 0.6) is 0 Å². The fourth-order valence-corrected chi connectivity index (χ4v) is 4.25. The molecular formula is C25H33N3O5.